The Labute approximate surface area is 137 Å². The summed E-state index contributed by atoms with van der Waals surface area (Å²) >= 11 is 3.25. The zero-order valence-electron chi connectivity index (χ0n) is 12.5. The molecule has 0 fully saturated rings. The first-order valence-corrected chi connectivity index (χ1v) is 8.72. The third-order valence-electron chi connectivity index (χ3n) is 3.62. The smallest absolute Gasteiger partial charge is 0.224 e. The second kappa shape index (κ2) is 6.06. The van der Waals surface area contributed by atoms with Crippen LogP contribution in [0.15, 0.2) is 29.0 Å². The van der Waals surface area contributed by atoms with Gasteiger partial charge in [0.15, 0.2) is 0 Å². The minimum Gasteiger partial charge on any atom is -0.369 e. The van der Waals surface area contributed by atoms with Crippen LogP contribution < -0.4 is 5.73 Å². The topological polar surface area (TPSA) is 60.9 Å². The van der Waals surface area contributed by atoms with Crippen LogP contribution in [0.25, 0.3) is 11.3 Å². The second-order valence-electron chi connectivity index (χ2n) is 5.22. The zero-order chi connectivity index (χ0) is 15.7. The maximum atomic E-state index is 11.0. The molecule has 22 heavy (non-hydrogen) atoms. The van der Waals surface area contributed by atoms with Gasteiger partial charge in [0.1, 0.15) is 5.01 Å². The minimum absolute atomic E-state index is 0.207. The molecule has 0 aromatic carbocycles. The lowest BCUT2D eigenvalue weighted by molar-refractivity contribution is -0.117. The molecule has 0 aliphatic carbocycles. The molecule has 0 aliphatic heterocycles. The number of amides is 1. The van der Waals surface area contributed by atoms with E-state index >= 15 is 0 Å². The Morgan fingerprint density at radius 1 is 1.36 bits per heavy atom. The van der Waals surface area contributed by atoms with Gasteiger partial charge in [0.05, 0.1) is 18.7 Å². The minimum atomic E-state index is -0.343. The van der Waals surface area contributed by atoms with Gasteiger partial charge in [-0.3, -0.25) is 4.79 Å². The van der Waals surface area contributed by atoms with Gasteiger partial charge in [-0.05, 0) is 31.4 Å². The average Bonchev–Trinajstić information content (AvgIpc) is 3.16. The molecule has 3 rings (SSSR count). The van der Waals surface area contributed by atoms with Crippen LogP contribution in [0.3, 0.4) is 0 Å². The molecular weight excluding hydrogens is 314 g/mol. The molecular formula is C16H17N3OS2. The lowest BCUT2D eigenvalue weighted by Crippen LogP contribution is -2.13. The number of aromatic nitrogens is 2. The second-order valence-corrected chi connectivity index (χ2v) is 7.19. The Morgan fingerprint density at radius 2 is 2.18 bits per heavy atom. The van der Waals surface area contributed by atoms with E-state index in [1.165, 1.54) is 27.6 Å². The van der Waals surface area contributed by atoms with E-state index in [4.69, 9.17) is 5.73 Å². The van der Waals surface area contributed by atoms with Crippen LogP contribution in [0.2, 0.25) is 0 Å². The number of aryl methyl sites for hydroxylation is 1. The summed E-state index contributed by atoms with van der Waals surface area (Å²) in [6.45, 7) is 5.11. The van der Waals surface area contributed by atoms with Crippen molar-refractivity contribution in [2.45, 2.75) is 26.8 Å². The van der Waals surface area contributed by atoms with E-state index in [-0.39, 0.29) is 12.3 Å². The molecule has 0 spiro atoms. The first-order chi connectivity index (χ1) is 10.5. The molecule has 4 nitrogen and oxygen atoms in total. The van der Waals surface area contributed by atoms with Gasteiger partial charge in [-0.25, -0.2) is 4.98 Å². The summed E-state index contributed by atoms with van der Waals surface area (Å²) in [6.07, 6.45) is 0.207. The Kier molecular flexibility index (Phi) is 4.13. The summed E-state index contributed by atoms with van der Waals surface area (Å²) in [7, 11) is 0. The van der Waals surface area contributed by atoms with Gasteiger partial charge >= 0.3 is 0 Å². The molecule has 6 heteroatoms. The van der Waals surface area contributed by atoms with Gasteiger partial charge in [0, 0.05) is 27.2 Å². The molecule has 0 saturated heterocycles. The maximum Gasteiger partial charge on any atom is 0.224 e. The SMILES string of the molecule is Cc1cc(-c2csc(CC(N)=O)n2)c(C)n1Cc1cccs1. The molecule has 0 aliphatic rings. The van der Waals surface area contributed by atoms with Crippen LogP contribution in [0.4, 0.5) is 0 Å². The standard InChI is InChI=1S/C16H17N3OS2/c1-10-6-13(14-9-22-16(18-14)7-15(17)20)11(2)19(10)8-12-4-3-5-21-12/h3-6,9H,7-8H2,1-2H3,(H2,17,20). The van der Waals surface area contributed by atoms with Crippen molar-refractivity contribution in [2.75, 3.05) is 0 Å². The fourth-order valence-electron chi connectivity index (χ4n) is 2.53. The zero-order valence-corrected chi connectivity index (χ0v) is 14.1. The molecule has 0 radical (unpaired) electrons. The van der Waals surface area contributed by atoms with Crippen molar-refractivity contribution < 1.29 is 4.79 Å². The number of carbonyl (C=O) groups is 1. The highest BCUT2D eigenvalue weighted by Crippen LogP contribution is 2.29. The van der Waals surface area contributed by atoms with Crippen LogP contribution in [-0.4, -0.2) is 15.5 Å². The van der Waals surface area contributed by atoms with E-state index in [0.717, 1.165) is 22.8 Å². The first kappa shape index (κ1) is 15.0. The van der Waals surface area contributed by atoms with Crippen molar-refractivity contribution in [3.63, 3.8) is 0 Å². The van der Waals surface area contributed by atoms with E-state index in [1.54, 1.807) is 11.3 Å². The number of thiophene rings is 1. The van der Waals surface area contributed by atoms with Crippen LogP contribution in [0.1, 0.15) is 21.3 Å². The largest absolute Gasteiger partial charge is 0.369 e. The predicted octanol–water partition coefficient (Wildman–Crippen LogP) is 3.37. The number of carbonyl (C=O) groups excluding carboxylic acids is 1. The highest BCUT2D eigenvalue weighted by Gasteiger charge is 2.14. The third kappa shape index (κ3) is 2.98. The summed E-state index contributed by atoms with van der Waals surface area (Å²) in [5, 5.41) is 4.86. The van der Waals surface area contributed by atoms with Crippen molar-refractivity contribution in [1.82, 2.24) is 9.55 Å². The lowest BCUT2D eigenvalue weighted by Gasteiger charge is -2.08. The number of nitrogens with two attached hydrogens (primary N) is 1. The number of nitrogens with zero attached hydrogens (tertiary/aromatic N) is 2. The van der Waals surface area contributed by atoms with E-state index in [1.807, 2.05) is 5.38 Å². The van der Waals surface area contributed by atoms with Gasteiger partial charge in [-0.1, -0.05) is 6.07 Å². The number of rotatable bonds is 5. The number of primary amides is 1. The Bertz CT molecular complexity index is 800. The van der Waals surface area contributed by atoms with Gasteiger partial charge in [0.25, 0.3) is 0 Å². The molecule has 1 amide bonds. The summed E-state index contributed by atoms with van der Waals surface area (Å²) in [5.41, 5.74) is 9.69. The molecule has 3 heterocycles. The Morgan fingerprint density at radius 3 is 2.86 bits per heavy atom. The van der Waals surface area contributed by atoms with Gasteiger partial charge in [-0.15, -0.1) is 22.7 Å². The van der Waals surface area contributed by atoms with Crippen molar-refractivity contribution in [2.24, 2.45) is 5.73 Å². The number of thiazole rings is 1. The molecule has 3 aromatic rings. The Balaban J connectivity index is 1.91. The fourth-order valence-corrected chi connectivity index (χ4v) is 4.02. The molecule has 0 bridgehead atoms. The van der Waals surface area contributed by atoms with E-state index < -0.39 is 0 Å². The Hall–Kier alpha value is -1.92. The van der Waals surface area contributed by atoms with Crippen LogP contribution in [-0.2, 0) is 17.8 Å². The van der Waals surface area contributed by atoms with Crippen molar-refractivity contribution >= 4 is 28.6 Å². The lowest BCUT2D eigenvalue weighted by atomic mass is 10.2. The van der Waals surface area contributed by atoms with E-state index in [9.17, 15) is 4.79 Å². The van der Waals surface area contributed by atoms with Gasteiger partial charge in [-0.2, -0.15) is 0 Å². The van der Waals surface area contributed by atoms with Crippen molar-refractivity contribution in [3.8, 4) is 11.3 Å². The summed E-state index contributed by atoms with van der Waals surface area (Å²) < 4.78 is 2.30. The van der Waals surface area contributed by atoms with Gasteiger partial charge < -0.3 is 10.3 Å². The summed E-state index contributed by atoms with van der Waals surface area (Å²) in [6, 6.07) is 6.38. The predicted molar refractivity (Wildman–Crippen MR) is 91.3 cm³/mol. The average molecular weight is 331 g/mol. The number of hydrogen-bond acceptors (Lipinski definition) is 4. The summed E-state index contributed by atoms with van der Waals surface area (Å²) in [4.78, 5) is 16.9. The number of hydrogen-bond donors (Lipinski definition) is 1. The highest BCUT2D eigenvalue weighted by atomic mass is 32.1. The molecule has 114 valence electrons. The van der Waals surface area contributed by atoms with E-state index in [0.29, 0.717) is 0 Å². The maximum absolute atomic E-state index is 11.0. The molecule has 0 unspecified atom stereocenters. The van der Waals surface area contributed by atoms with E-state index in [2.05, 4.69) is 47.0 Å². The monoisotopic (exact) mass is 331 g/mol. The third-order valence-corrected chi connectivity index (χ3v) is 5.33. The highest BCUT2D eigenvalue weighted by molar-refractivity contribution is 7.10. The first-order valence-electron chi connectivity index (χ1n) is 6.97. The van der Waals surface area contributed by atoms with Crippen LogP contribution >= 0.6 is 22.7 Å². The summed E-state index contributed by atoms with van der Waals surface area (Å²) in [5.74, 6) is -0.343. The van der Waals surface area contributed by atoms with Crippen LogP contribution in [0, 0.1) is 13.8 Å². The molecule has 0 saturated carbocycles. The van der Waals surface area contributed by atoms with Crippen molar-refractivity contribution in [1.29, 1.82) is 0 Å². The van der Waals surface area contributed by atoms with Gasteiger partial charge in [0.2, 0.25) is 5.91 Å². The molecule has 0 atom stereocenters. The quantitative estimate of drug-likeness (QED) is 0.779. The molecule has 3 aromatic heterocycles. The fraction of sp³-hybridized carbons (Fsp3) is 0.250. The normalized spacial score (nSPS) is 11.0. The molecule has 2 N–H and O–H groups in total. The van der Waals surface area contributed by atoms with Crippen molar-refractivity contribution in [3.05, 3.63) is 50.2 Å². The van der Waals surface area contributed by atoms with Crippen LogP contribution in [0.5, 0.6) is 0 Å².